The minimum absolute atomic E-state index is 0.0196. The highest BCUT2D eigenvalue weighted by molar-refractivity contribution is 7.98. The Kier molecular flexibility index (Phi) is 8.32. The third kappa shape index (κ3) is 6.14. The highest BCUT2D eigenvalue weighted by Gasteiger charge is 2.23. The molecule has 31 heavy (non-hydrogen) atoms. The second-order valence-corrected chi connectivity index (χ2v) is 8.04. The zero-order chi connectivity index (χ0) is 23.1. The van der Waals surface area contributed by atoms with Crippen LogP contribution in [0.5, 0.6) is 0 Å². The smallest absolute Gasteiger partial charge is 0.339 e. The van der Waals surface area contributed by atoms with Crippen LogP contribution in [0.1, 0.15) is 47.1 Å². The van der Waals surface area contributed by atoms with Crippen molar-refractivity contribution in [1.29, 1.82) is 0 Å². The van der Waals surface area contributed by atoms with Gasteiger partial charge in [-0.25, -0.2) is 4.79 Å². The molecule has 2 aromatic rings. The average Bonchev–Trinajstić information content (AvgIpc) is 2.76. The molecule has 0 bridgehead atoms. The molecular weight excluding hydrogens is 420 g/mol. The molecule has 1 atom stereocenters. The van der Waals surface area contributed by atoms with E-state index < -0.39 is 29.2 Å². The largest absolute Gasteiger partial charge is 0.452 e. The standard InChI is InChI=1S/C22H24N2O6S/c1-13(2)14(3)23-20(25)12-30-22(27)17-8-6-5-7-16(17)21(26)15-9-10-19(31-4)18(11-15)24(28)29/h5-11,13-14H,12H2,1-4H3,(H,23,25). The van der Waals surface area contributed by atoms with Gasteiger partial charge in [0.05, 0.1) is 15.4 Å². The topological polar surface area (TPSA) is 116 Å². The predicted octanol–water partition coefficient (Wildman–Crippen LogP) is 3.87. The van der Waals surface area contributed by atoms with E-state index in [1.807, 2.05) is 20.8 Å². The fourth-order valence-electron chi connectivity index (χ4n) is 2.66. The number of hydrogen-bond acceptors (Lipinski definition) is 7. The van der Waals surface area contributed by atoms with Crippen molar-refractivity contribution in [3.8, 4) is 0 Å². The summed E-state index contributed by atoms with van der Waals surface area (Å²) in [6.45, 7) is 5.27. The average molecular weight is 445 g/mol. The maximum Gasteiger partial charge on any atom is 0.339 e. The van der Waals surface area contributed by atoms with Crippen molar-refractivity contribution >= 4 is 35.1 Å². The molecule has 9 heteroatoms. The summed E-state index contributed by atoms with van der Waals surface area (Å²) in [4.78, 5) is 48.7. The number of nitro benzene ring substituents is 1. The molecule has 0 saturated carbocycles. The molecule has 0 aromatic heterocycles. The van der Waals surface area contributed by atoms with Gasteiger partial charge in [0.25, 0.3) is 11.6 Å². The summed E-state index contributed by atoms with van der Waals surface area (Å²) in [5.41, 5.74) is -0.0916. The summed E-state index contributed by atoms with van der Waals surface area (Å²) in [6, 6.07) is 10.1. The first-order chi connectivity index (χ1) is 14.6. The number of carbonyl (C=O) groups excluding carboxylic acids is 3. The lowest BCUT2D eigenvalue weighted by Gasteiger charge is -2.17. The number of amides is 1. The highest BCUT2D eigenvalue weighted by Crippen LogP contribution is 2.29. The van der Waals surface area contributed by atoms with Crippen molar-refractivity contribution < 1.29 is 24.0 Å². The van der Waals surface area contributed by atoms with E-state index in [1.165, 1.54) is 42.1 Å². The van der Waals surface area contributed by atoms with E-state index >= 15 is 0 Å². The zero-order valence-electron chi connectivity index (χ0n) is 17.7. The van der Waals surface area contributed by atoms with Gasteiger partial charge in [-0.2, -0.15) is 0 Å². The third-order valence-corrected chi connectivity index (χ3v) is 5.54. The lowest BCUT2D eigenvalue weighted by molar-refractivity contribution is -0.387. The molecule has 0 radical (unpaired) electrons. The van der Waals surface area contributed by atoms with Crippen molar-refractivity contribution in [2.75, 3.05) is 12.9 Å². The highest BCUT2D eigenvalue weighted by atomic mass is 32.2. The molecule has 0 fully saturated rings. The van der Waals surface area contributed by atoms with Crippen molar-refractivity contribution in [3.63, 3.8) is 0 Å². The van der Waals surface area contributed by atoms with Crippen LogP contribution in [0, 0.1) is 16.0 Å². The summed E-state index contributed by atoms with van der Waals surface area (Å²) in [5.74, 6) is -1.60. The molecule has 1 amide bonds. The lowest BCUT2D eigenvalue weighted by Crippen LogP contribution is -2.38. The number of rotatable bonds is 9. The fourth-order valence-corrected chi connectivity index (χ4v) is 3.21. The van der Waals surface area contributed by atoms with Gasteiger partial charge >= 0.3 is 5.97 Å². The Balaban J connectivity index is 2.22. The zero-order valence-corrected chi connectivity index (χ0v) is 18.5. The van der Waals surface area contributed by atoms with Gasteiger partial charge in [0.15, 0.2) is 12.4 Å². The number of ketones is 1. The quantitative estimate of drug-likeness (QED) is 0.205. The van der Waals surface area contributed by atoms with Crippen LogP contribution in [-0.2, 0) is 9.53 Å². The van der Waals surface area contributed by atoms with Crippen LogP contribution in [0.4, 0.5) is 5.69 Å². The van der Waals surface area contributed by atoms with Gasteiger partial charge in [-0.3, -0.25) is 19.7 Å². The Morgan fingerprint density at radius 2 is 1.74 bits per heavy atom. The van der Waals surface area contributed by atoms with E-state index in [9.17, 15) is 24.5 Å². The number of carbonyl (C=O) groups is 3. The number of esters is 1. The molecule has 8 nitrogen and oxygen atoms in total. The van der Waals surface area contributed by atoms with Crippen LogP contribution < -0.4 is 5.32 Å². The molecule has 2 aromatic carbocycles. The van der Waals surface area contributed by atoms with Crippen LogP contribution in [0.3, 0.4) is 0 Å². The van der Waals surface area contributed by atoms with Crippen molar-refractivity contribution in [1.82, 2.24) is 5.32 Å². The second kappa shape index (κ2) is 10.7. The maximum atomic E-state index is 13.0. The minimum Gasteiger partial charge on any atom is -0.452 e. The minimum atomic E-state index is -0.827. The maximum absolute atomic E-state index is 13.0. The number of ether oxygens (including phenoxy) is 1. The van der Waals surface area contributed by atoms with Gasteiger partial charge in [-0.05, 0) is 37.3 Å². The van der Waals surface area contributed by atoms with E-state index in [4.69, 9.17) is 4.74 Å². The van der Waals surface area contributed by atoms with E-state index in [0.717, 1.165) is 0 Å². The van der Waals surface area contributed by atoms with E-state index in [-0.39, 0.29) is 34.3 Å². The Morgan fingerprint density at radius 1 is 1.10 bits per heavy atom. The number of hydrogen-bond donors (Lipinski definition) is 1. The molecule has 1 unspecified atom stereocenters. The van der Waals surface area contributed by atoms with Gasteiger partial charge in [-0.15, -0.1) is 11.8 Å². The molecule has 2 rings (SSSR count). The second-order valence-electron chi connectivity index (χ2n) is 7.19. The van der Waals surface area contributed by atoms with Crippen LogP contribution in [-0.4, -0.2) is 41.5 Å². The van der Waals surface area contributed by atoms with Gasteiger partial charge in [0, 0.05) is 23.2 Å². The Bertz CT molecular complexity index is 1010. The first-order valence-corrected chi connectivity index (χ1v) is 10.8. The molecule has 1 N–H and O–H groups in total. The monoisotopic (exact) mass is 444 g/mol. The van der Waals surface area contributed by atoms with Gasteiger partial charge in [0.1, 0.15) is 0 Å². The Morgan fingerprint density at radius 3 is 2.32 bits per heavy atom. The van der Waals surface area contributed by atoms with E-state index in [2.05, 4.69) is 5.32 Å². The molecule has 0 heterocycles. The molecule has 0 aliphatic heterocycles. The van der Waals surface area contributed by atoms with Crippen LogP contribution >= 0.6 is 11.8 Å². The number of benzene rings is 2. The number of thioether (sulfide) groups is 1. The number of nitrogens with one attached hydrogen (secondary N) is 1. The fraction of sp³-hybridized carbons (Fsp3) is 0.318. The first-order valence-electron chi connectivity index (χ1n) is 9.58. The van der Waals surface area contributed by atoms with Gasteiger partial charge in [0.2, 0.25) is 0 Å². The molecule has 164 valence electrons. The van der Waals surface area contributed by atoms with Crippen LogP contribution in [0.25, 0.3) is 0 Å². The SMILES string of the molecule is CSc1ccc(C(=O)c2ccccc2C(=O)OCC(=O)NC(C)C(C)C)cc1[N+](=O)[O-]. The molecular formula is C22H24N2O6S. The number of nitro groups is 1. The Hall–Kier alpha value is -3.20. The summed E-state index contributed by atoms with van der Waals surface area (Å²) < 4.78 is 5.08. The van der Waals surface area contributed by atoms with Gasteiger partial charge < -0.3 is 10.1 Å². The normalized spacial score (nSPS) is 11.6. The molecule has 0 spiro atoms. The molecule has 0 aliphatic carbocycles. The van der Waals surface area contributed by atoms with Crippen molar-refractivity contribution in [2.45, 2.75) is 31.7 Å². The summed E-state index contributed by atoms with van der Waals surface area (Å²) >= 11 is 1.20. The third-order valence-electron chi connectivity index (χ3n) is 4.75. The number of nitrogens with zero attached hydrogens (tertiary/aromatic N) is 1. The van der Waals surface area contributed by atoms with Crippen molar-refractivity contribution in [2.24, 2.45) is 5.92 Å². The Labute approximate surface area is 184 Å². The van der Waals surface area contributed by atoms with Crippen LogP contribution in [0.15, 0.2) is 47.4 Å². The summed E-state index contributed by atoms with van der Waals surface area (Å²) in [7, 11) is 0. The first kappa shape index (κ1) is 24.1. The summed E-state index contributed by atoms with van der Waals surface area (Å²) in [5, 5.41) is 14.0. The molecule has 0 aliphatic rings. The predicted molar refractivity (Wildman–Crippen MR) is 117 cm³/mol. The lowest BCUT2D eigenvalue weighted by atomic mass is 9.98. The van der Waals surface area contributed by atoms with E-state index in [1.54, 1.807) is 18.4 Å². The molecule has 0 saturated heterocycles. The van der Waals surface area contributed by atoms with Crippen molar-refractivity contribution in [3.05, 3.63) is 69.3 Å². The van der Waals surface area contributed by atoms with Gasteiger partial charge in [-0.1, -0.05) is 32.0 Å². The van der Waals surface area contributed by atoms with Crippen LogP contribution in [0.2, 0.25) is 0 Å². The summed E-state index contributed by atoms with van der Waals surface area (Å²) in [6.07, 6.45) is 1.70. The van der Waals surface area contributed by atoms with E-state index in [0.29, 0.717) is 4.90 Å².